The van der Waals surface area contributed by atoms with Crippen LogP contribution in [-0.2, 0) is 4.74 Å². The summed E-state index contributed by atoms with van der Waals surface area (Å²) in [6.45, 7) is 4.37. The van der Waals surface area contributed by atoms with Crippen molar-refractivity contribution in [3.8, 4) is 0 Å². The minimum atomic E-state index is -1.46. The predicted octanol–water partition coefficient (Wildman–Crippen LogP) is 3.88. The molecule has 11 heteroatoms. The molecular weight excluding hydrogens is 463 g/mol. The maximum atomic E-state index is 14.8. The van der Waals surface area contributed by atoms with Crippen LogP contribution in [-0.4, -0.2) is 63.3 Å². The summed E-state index contributed by atoms with van der Waals surface area (Å²) in [7, 11) is 0. The lowest BCUT2D eigenvalue weighted by atomic mass is 9.99. The average Bonchev–Trinajstić information content (AvgIpc) is 3.59. The van der Waals surface area contributed by atoms with Crippen LogP contribution in [0.2, 0.25) is 5.02 Å². The SMILES string of the molecule is CC[C@@H](c1nc(C2CC2)no1)N1CCC(n2ncc(NCC3(F)CCCOC3)c(Cl)c2=O)CC1. The van der Waals surface area contributed by atoms with Crippen molar-refractivity contribution in [1.82, 2.24) is 24.8 Å². The van der Waals surface area contributed by atoms with E-state index in [0.717, 1.165) is 51.0 Å². The molecule has 3 aliphatic rings. The second kappa shape index (κ2) is 9.91. The molecule has 186 valence electrons. The molecule has 2 aliphatic heterocycles. The molecule has 1 unspecified atom stereocenters. The largest absolute Gasteiger partial charge is 0.379 e. The monoisotopic (exact) mass is 494 g/mol. The summed E-state index contributed by atoms with van der Waals surface area (Å²) < 4.78 is 27.1. The number of hydrogen-bond donors (Lipinski definition) is 1. The maximum Gasteiger partial charge on any atom is 0.287 e. The van der Waals surface area contributed by atoms with Gasteiger partial charge in [0.2, 0.25) is 5.89 Å². The third-order valence-corrected chi connectivity index (χ3v) is 7.54. The van der Waals surface area contributed by atoms with Gasteiger partial charge in [-0.3, -0.25) is 9.69 Å². The minimum Gasteiger partial charge on any atom is -0.379 e. The van der Waals surface area contributed by atoms with E-state index in [1.54, 1.807) is 0 Å². The van der Waals surface area contributed by atoms with Crippen LogP contribution in [0.5, 0.6) is 0 Å². The fourth-order valence-corrected chi connectivity index (χ4v) is 5.16. The standard InChI is InChI=1S/C23H32ClFN6O3/c1-2-18(21-28-20(29-34-21)15-4-5-15)30-9-6-16(7-10-30)31-22(32)19(24)17(12-27-31)26-13-23(25)8-3-11-33-14-23/h12,15-16,18,26H,2-11,13-14H2,1H3/t18-,23?/m0/s1. The van der Waals surface area contributed by atoms with Crippen molar-refractivity contribution in [2.75, 3.05) is 38.2 Å². The van der Waals surface area contributed by atoms with E-state index < -0.39 is 5.67 Å². The number of nitrogens with zero attached hydrogens (tertiary/aromatic N) is 5. The first-order valence-corrected chi connectivity index (χ1v) is 12.7. The van der Waals surface area contributed by atoms with Crippen LogP contribution in [0.25, 0.3) is 0 Å². The number of alkyl halides is 1. The summed E-state index contributed by atoms with van der Waals surface area (Å²) in [5, 5.41) is 11.5. The second-order valence-electron chi connectivity index (χ2n) is 9.74. The summed E-state index contributed by atoms with van der Waals surface area (Å²) in [6, 6.07) is 0.0364. The smallest absolute Gasteiger partial charge is 0.287 e. The third-order valence-electron chi connectivity index (χ3n) is 7.17. The lowest BCUT2D eigenvalue weighted by Crippen LogP contribution is -2.41. The quantitative estimate of drug-likeness (QED) is 0.590. The molecule has 9 nitrogen and oxygen atoms in total. The van der Waals surface area contributed by atoms with Crippen molar-refractivity contribution in [1.29, 1.82) is 0 Å². The van der Waals surface area contributed by atoms with E-state index in [1.807, 2.05) is 0 Å². The molecule has 1 aliphatic carbocycles. The molecule has 0 spiro atoms. The number of hydrogen-bond acceptors (Lipinski definition) is 8. The van der Waals surface area contributed by atoms with E-state index >= 15 is 0 Å². The van der Waals surface area contributed by atoms with Gasteiger partial charge in [-0.25, -0.2) is 9.07 Å². The topological polar surface area (TPSA) is 98.3 Å². The van der Waals surface area contributed by atoms with Gasteiger partial charge in [-0.15, -0.1) is 0 Å². The van der Waals surface area contributed by atoms with E-state index in [2.05, 4.69) is 32.4 Å². The summed E-state index contributed by atoms with van der Waals surface area (Å²) in [5.74, 6) is 1.98. The highest BCUT2D eigenvalue weighted by molar-refractivity contribution is 6.32. The second-order valence-corrected chi connectivity index (χ2v) is 10.1. The zero-order valence-electron chi connectivity index (χ0n) is 19.5. The fourth-order valence-electron chi connectivity index (χ4n) is 4.96. The Bertz CT molecular complexity index is 1040. The Kier molecular flexibility index (Phi) is 6.90. The zero-order chi connectivity index (χ0) is 23.7. The molecule has 2 aromatic rings. The Morgan fingerprint density at radius 1 is 1.32 bits per heavy atom. The number of ether oxygens (including phenoxy) is 1. The summed E-state index contributed by atoms with van der Waals surface area (Å²) in [4.78, 5) is 19.9. The number of aromatic nitrogens is 4. The van der Waals surface area contributed by atoms with Gasteiger partial charge in [-0.2, -0.15) is 10.1 Å². The van der Waals surface area contributed by atoms with E-state index in [4.69, 9.17) is 20.9 Å². The Hall–Kier alpha value is -2.04. The van der Waals surface area contributed by atoms with Crippen molar-refractivity contribution in [3.05, 3.63) is 33.3 Å². The van der Waals surface area contributed by atoms with Gasteiger partial charge in [0.25, 0.3) is 5.56 Å². The molecule has 0 radical (unpaired) electrons. The Morgan fingerprint density at radius 2 is 2.12 bits per heavy atom. The number of rotatable bonds is 8. The first kappa shape index (κ1) is 23.7. The molecule has 2 aromatic heterocycles. The van der Waals surface area contributed by atoms with Gasteiger partial charge >= 0.3 is 0 Å². The number of likely N-dealkylation sites (tertiary alicyclic amines) is 1. The normalized spacial score (nSPS) is 25.4. The number of piperidine rings is 1. The van der Waals surface area contributed by atoms with E-state index in [9.17, 15) is 9.18 Å². The molecule has 0 amide bonds. The number of nitrogens with one attached hydrogen (secondary N) is 1. The molecule has 4 heterocycles. The molecule has 0 aromatic carbocycles. The summed E-state index contributed by atoms with van der Waals surface area (Å²) in [5.41, 5.74) is -1.45. The molecule has 1 saturated carbocycles. The van der Waals surface area contributed by atoms with Crippen LogP contribution in [0.15, 0.2) is 15.5 Å². The zero-order valence-corrected chi connectivity index (χ0v) is 20.3. The summed E-state index contributed by atoms with van der Waals surface area (Å²) >= 11 is 6.37. The van der Waals surface area contributed by atoms with Gasteiger partial charge in [-0.05, 0) is 44.9 Å². The molecule has 0 bridgehead atoms. The van der Waals surface area contributed by atoms with E-state index in [-0.39, 0.29) is 35.8 Å². The first-order valence-electron chi connectivity index (χ1n) is 12.3. The minimum absolute atomic E-state index is 0.0345. The highest BCUT2D eigenvalue weighted by Crippen LogP contribution is 2.39. The van der Waals surface area contributed by atoms with Gasteiger partial charge in [0, 0.05) is 25.6 Å². The first-order chi connectivity index (χ1) is 16.5. The summed E-state index contributed by atoms with van der Waals surface area (Å²) in [6.07, 6.45) is 7.31. The van der Waals surface area contributed by atoms with Gasteiger partial charge in [0.15, 0.2) is 11.5 Å². The van der Waals surface area contributed by atoms with Crippen LogP contribution >= 0.6 is 11.6 Å². The molecule has 5 rings (SSSR count). The van der Waals surface area contributed by atoms with Gasteiger partial charge in [-0.1, -0.05) is 23.7 Å². The molecule has 1 N–H and O–H groups in total. The van der Waals surface area contributed by atoms with Crippen molar-refractivity contribution in [2.24, 2.45) is 0 Å². The Morgan fingerprint density at radius 3 is 2.79 bits per heavy atom. The highest BCUT2D eigenvalue weighted by Gasteiger charge is 2.34. The van der Waals surface area contributed by atoms with Crippen molar-refractivity contribution < 1.29 is 13.7 Å². The molecule has 2 saturated heterocycles. The van der Waals surface area contributed by atoms with E-state index in [0.29, 0.717) is 36.9 Å². The van der Waals surface area contributed by atoms with Crippen molar-refractivity contribution in [3.63, 3.8) is 0 Å². The lowest BCUT2D eigenvalue weighted by Gasteiger charge is -2.35. The maximum absolute atomic E-state index is 14.8. The van der Waals surface area contributed by atoms with Crippen LogP contribution in [0.3, 0.4) is 0 Å². The Balaban J connectivity index is 1.21. The van der Waals surface area contributed by atoms with E-state index in [1.165, 1.54) is 10.9 Å². The molecular formula is C23H32ClFN6O3. The highest BCUT2D eigenvalue weighted by atomic mass is 35.5. The fraction of sp³-hybridized carbons (Fsp3) is 0.739. The van der Waals surface area contributed by atoms with Crippen LogP contribution < -0.4 is 10.9 Å². The lowest BCUT2D eigenvalue weighted by molar-refractivity contribution is -0.0234. The number of anilines is 1. The molecule has 2 atom stereocenters. The van der Waals surface area contributed by atoms with Crippen LogP contribution in [0, 0.1) is 0 Å². The third kappa shape index (κ3) is 4.99. The van der Waals surface area contributed by atoms with Crippen LogP contribution in [0.4, 0.5) is 10.1 Å². The van der Waals surface area contributed by atoms with Gasteiger partial charge in [0.05, 0.1) is 37.1 Å². The number of halogens is 2. The average molecular weight is 495 g/mol. The van der Waals surface area contributed by atoms with Crippen molar-refractivity contribution in [2.45, 2.75) is 75.5 Å². The van der Waals surface area contributed by atoms with Gasteiger partial charge in [0.1, 0.15) is 5.02 Å². The molecule has 3 fully saturated rings. The predicted molar refractivity (Wildman–Crippen MR) is 125 cm³/mol. The van der Waals surface area contributed by atoms with Crippen molar-refractivity contribution >= 4 is 17.3 Å². The van der Waals surface area contributed by atoms with Crippen LogP contribution in [0.1, 0.15) is 81.6 Å². The Labute approximate surface area is 203 Å². The van der Waals surface area contributed by atoms with Gasteiger partial charge < -0.3 is 14.6 Å². The molecule has 34 heavy (non-hydrogen) atoms.